The molecular formula is C32H35N7O. The number of aromatic nitrogens is 5. The molecule has 5 aromatic rings. The van der Waals surface area contributed by atoms with Crippen LogP contribution in [0.15, 0.2) is 85.2 Å². The van der Waals surface area contributed by atoms with Crippen molar-refractivity contribution in [1.82, 2.24) is 34.9 Å². The average molecular weight is 534 g/mol. The lowest BCUT2D eigenvalue weighted by Crippen LogP contribution is -2.47. The first-order chi connectivity index (χ1) is 19.8. The Labute approximate surface area is 234 Å². The molecule has 4 heterocycles. The number of nitrogens with zero attached hydrogens (tertiary/aromatic N) is 5. The van der Waals surface area contributed by atoms with E-state index in [4.69, 9.17) is 10.2 Å². The second kappa shape index (κ2) is 12.3. The average Bonchev–Trinajstić information content (AvgIpc) is 3.60. The van der Waals surface area contributed by atoms with E-state index in [0.29, 0.717) is 6.54 Å². The minimum Gasteiger partial charge on any atom is -0.361 e. The lowest BCUT2D eigenvalue weighted by atomic mass is 9.98. The Morgan fingerprint density at radius 2 is 1.85 bits per heavy atom. The van der Waals surface area contributed by atoms with Gasteiger partial charge in [0.2, 0.25) is 6.41 Å². The second-order valence-corrected chi connectivity index (χ2v) is 10.6. The van der Waals surface area contributed by atoms with Crippen LogP contribution in [0.3, 0.4) is 0 Å². The molecule has 1 aliphatic rings. The van der Waals surface area contributed by atoms with Gasteiger partial charge in [0.05, 0.1) is 18.3 Å². The van der Waals surface area contributed by atoms with Crippen molar-refractivity contribution in [2.75, 3.05) is 13.1 Å². The third kappa shape index (κ3) is 5.82. The van der Waals surface area contributed by atoms with Crippen LogP contribution < -0.4 is 5.32 Å². The number of aryl methyl sites for hydroxylation is 2. The highest BCUT2D eigenvalue weighted by molar-refractivity contribution is 5.83. The van der Waals surface area contributed by atoms with Crippen molar-refractivity contribution in [2.24, 2.45) is 0 Å². The first-order valence-corrected chi connectivity index (χ1v) is 14.1. The van der Waals surface area contributed by atoms with E-state index in [0.717, 1.165) is 74.5 Å². The molecule has 3 aromatic heterocycles. The number of hydrogen-bond donors (Lipinski definition) is 2. The molecular weight excluding hydrogens is 498 g/mol. The fourth-order valence-electron chi connectivity index (χ4n) is 5.92. The Morgan fingerprint density at radius 1 is 1.00 bits per heavy atom. The lowest BCUT2D eigenvalue weighted by molar-refractivity contribution is -0.110. The monoisotopic (exact) mass is 533 g/mol. The highest BCUT2D eigenvalue weighted by Gasteiger charge is 2.32. The molecule has 1 amide bonds. The van der Waals surface area contributed by atoms with Crippen molar-refractivity contribution in [2.45, 2.75) is 50.7 Å². The van der Waals surface area contributed by atoms with Gasteiger partial charge in [0, 0.05) is 42.3 Å². The van der Waals surface area contributed by atoms with Gasteiger partial charge >= 0.3 is 0 Å². The van der Waals surface area contributed by atoms with Crippen LogP contribution in [0.4, 0.5) is 0 Å². The highest BCUT2D eigenvalue weighted by Crippen LogP contribution is 2.31. The molecule has 1 fully saturated rings. The lowest BCUT2D eigenvalue weighted by Gasteiger charge is -2.37. The number of piperidine rings is 1. The molecule has 0 aliphatic carbocycles. The van der Waals surface area contributed by atoms with E-state index in [1.54, 1.807) is 0 Å². The maximum absolute atomic E-state index is 11.3. The van der Waals surface area contributed by atoms with Gasteiger partial charge in [-0.25, -0.2) is 0 Å². The van der Waals surface area contributed by atoms with Gasteiger partial charge < -0.3 is 14.9 Å². The molecule has 0 spiro atoms. The molecule has 0 radical (unpaired) electrons. The minimum absolute atomic E-state index is 0.00264. The fraction of sp³-hybridized carbons (Fsp3) is 0.312. The van der Waals surface area contributed by atoms with E-state index in [2.05, 4.69) is 85.5 Å². The Hall–Kier alpha value is -4.30. The smallest absolute Gasteiger partial charge is 0.207 e. The number of carbonyl (C=O) groups excluding carboxylic acids is 1. The molecule has 204 valence electrons. The van der Waals surface area contributed by atoms with Gasteiger partial charge in [-0.1, -0.05) is 54.6 Å². The summed E-state index contributed by atoms with van der Waals surface area (Å²) in [6.45, 7) is 2.34. The molecule has 40 heavy (non-hydrogen) atoms. The standard InChI is InChI=1S/C32H35N7O/c40-23-35-26-12-8-18-38(21-26)30(19-25-20-34-29-14-5-4-13-28(25)29)32-37-36-31(16-15-24-9-2-1-3-10-24)39(32)22-27-11-6-7-17-33-27/h1-7,9-11,13-14,17,20,23,26,30,34H,8,12,15-16,18-19,21-22H2,(H,35,40)/t26-,30?/m1/s1. The second-order valence-electron chi connectivity index (χ2n) is 10.6. The number of carbonyl (C=O) groups is 1. The van der Waals surface area contributed by atoms with Crippen molar-refractivity contribution >= 4 is 17.3 Å². The van der Waals surface area contributed by atoms with Crippen molar-refractivity contribution in [3.05, 3.63) is 114 Å². The maximum Gasteiger partial charge on any atom is 0.207 e. The number of amides is 1. The zero-order valence-electron chi connectivity index (χ0n) is 22.6. The first kappa shape index (κ1) is 26.0. The number of H-pyrrole nitrogens is 1. The predicted octanol–water partition coefficient (Wildman–Crippen LogP) is 4.48. The molecule has 8 nitrogen and oxygen atoms in total. The van der Waals surface area contributed by atoms with Crippen LogP contribution in [-0.2, 0) is 30.6 Å². The van der Waals surface area contributed by atoms with E-state index in [-0.39, 0.29) is 12.1 Å². The van der Waals surface area contributed by atoms with E-state index in [1.165, 1.54) is 16.5 Å². The van der Waals surface area contributed by atoms with Crippen molar-refractivity contribution in [1.29, 1.82) is 0 Å². The van der Waals surface area contributed by atoms with Crippen LogP contribution in [0.25, 0.3) is 10.9 Å². The maximum atomic E-state index is 11.3. The molecule has 1 aliphatic heterocycles. The number of hydrogen-bond acceptors (Lipinski definition) is 5. The third-order valence-corrected chi connectivity index (χ3v) is 7.97. The fourth-order valence-corrected chi connectivity index (χ4v) is 5.92. The summed E-state index contributed by atoms with van der Waals surface area (Å²) in [6, 6.07) is 25.1. The number of likely N-dealkylation sites (tertiary alicyclic amines) is 1. The Bertz CT molecular complexity index is 1530. The van der Waals surface area contributed by atoms with Gasteiger partial charge in [-0.15, -0.1) is 10.2 Å². The molecule has 2 atom stereocenters. The quantitative estimate of drug-likeness (QED) is 0.244. The predicted molar refractivity (Wildman–Crippen MR) is 156 cm³/mol. The Balaban J connectivity index is 1.38. The topological polar surface area (TPSA) is 91.7 Å². The molecule has 2 N–H and O–H groups in total. The van der Waals surface area contributed by atoms with Crippen LogP contribution in [-0.4, -0.2) is 55.2 Å². The minimum atomic E-state index is -0.00264. The van der Waals surface area contributed by atoms with Crippen molar-refractivity contribution < 1.29 is 4.79 Å². The summed E-state index contributed by atoms with van der Waals surface area (Å²) >= 11 is 0. The summed E-state index contributed by atoms with van der Waals surface area (Å²) in [5.41, 5.74) is 4.65. The zero-order valence-corrected chi connectivity index (χ0v) is 22.6. The zero-order chi connectivity index (χ0) is 27.1. The van der Waals surface area contributed by atoms with Crippen molar-refractivity contribution in [3.63, 3.8) is 0 Å². The van der Waals surface area contributed by atoms with Crippen LogP contribution in [0.5, 0.6) is 0 Å². The number of para-hydroxylation sites is 1. The molecule has 0 bridgehead atoms. The van der Waals surface area contributed by atoms with Gasteiger partial charge in [-0.05, 0) is 61.6 Å². The molecule has 2 aromatic carbocycles. The van der Waals surface area contributed by atoms with E-state index < -0.39 is 0 Å². The summed E-state index contributed by atoms with van der Waals surface area (Å²) in [6.07, 6.45) is 9.27. The summed E-state index contributed by atoms with van der Waals surface area (Å²) in [7, 11) is 0. The molecule has 0 saturated carbocycles. The van der Waals surface area contributed by atoms with Gasteiger partial charge in [0.15, 0.2) is 5.82 Å². The van der Waals surface area contributed by atoms with Crippen LogP contribution >= 0.6 is 0 Å². The number of benzene rings is 2. The summed E-state index contributed by atoms with van der Waals surface area (Å²) in [4.78, 5) is 21.9. The van der Waals surface area contributed by atoms with E-state index in [1.807, 2.05) is 24.4 Å². The van der Waals surface area contributed by atoms with Crippen molar-refractivity contribution in [3.8, 4) is 0 Å². The molecule has 8 heteroatoms. The van der Waals surface area contributed by atoms with Crippen LogP contribution in [0, 0.1) is 0 Å². The number of rotatable bonds is 11. The van der Waals surface area contributed by atoms with Crippen LogP contribution in [0.1, 0.15) is 47.4 Å². The SMILES string of the molecule is O=CN[C@@H]1CCCN(C(Cc2c[nH]c3ccccc23)c2nnc(CCc3ccccc3)n2Cc2ccccn2)C1. The summed E-state index contributed by atoms with van der Waals surface area (Å²) in [5.74, 6) is 1.92. The molecule has 1 unspecified atom stereocenters. The summed E-state index contributed by atoms with van der Waals surface area (Å²) < 4.78 is 2.28. The van der Waals surface area contributed by atoms with Gasteiger partial charge in [0.1, 0.15) is 5.82 Å². The largest absolute Gasteiger partial charge is 0.361 e. The highest BCUT2D eigenvalue weighted by atomic mass is 16.1. The van der Waals surface area contributed by atoms with E-state index in [9.17, 15) is 4.79 Å². The normalized spacial score (nSPS) is 16.6. The number of pyridine rings is 1. The Morgan fingerprint density at radius 3 is 2.70 bits per heavy atom. The Kier molecular flexibility index (Phi) is 7.95. The van der Waals surface area contributed by atoms with Gasteiger partial charge in [-0.2, -0.15) is 0 Å². The van der Waals surface area contributed by atoms with Gasteiger partial charge in [0.25, 0.3) is 0 Å². The third-order valence-electron chi connectivity index (χ3n) is 7.97. The first-order valence-electron chi connectivity index (χ1n) is 14.1. The van der Waals surface area contributed by atoms with Gasteiger partial charge in [-0.3, -0.25) is 14.7 Å². The number of fused-ring (bicyclic) bond motifs is 1. The molecule has 6 rings (SSSR count). The van der Waals surface area contributed by atoms with Crippen LogP contribution in [0.2, 0.25) is 0 Å². The number of nitrogens with one attached hydrogen (secondary N) is 2. The number of aromatic amines is 1. The molecule has 1 saturated heterocycles. The van der Waals surface area contributed by atoms with E-state index >= 15 is 0 Å². The summed E-state index contributed by atoms with van der Waals surface area (Å²) in [5, 5.41) is 13.9.